The maximum absolute atomic E-state index is 13.1. The summed E-state index contributed by atoms with van der Waals surface area (Å²) in [6.45, 7) is 0.401. The van der Waals surface area contributed by atoms with Gasteiger partial charge in [0, 0.05) is 17.3 Å². The van der Waals surface area contributed by atoms with E-state index in [2.05, 4.69) is 26.2 Å². The molecule has 0 fully saturated rings. The normalized spacial score (nSPS) is 11.3. The van der Waals surface area contributed by atoms with Crippen LogP contribution in [-0.4, -0.2) is 19.7 Å². The highest BCUT2D eigenvalue weighted by Gasteiger charge is 2.08. The number of aromatic nitrogens is 1. The van der Waals surface area contributed by atoms with Crippen LogP contribution in [0.2, 0.25) is 0 Å². The molecule has 0 atom stereocenters. The van der Waals surface area contributed by atoms with Crippen LogP contribution in [0.5, 0.6) is 0 Å². The van der Waals surface area contributed by atoms with Crippen LogP contribution in [0.3, 0.4) is 0 Å². The predicted octanol–water partition coefficient (Wildman–Crippen LogP) is 3.00. The average molecular weight is 359 g/mol. The zero-order valence-electron chi connectivity index (χ0n) is 10.6. The number of sulfone groups is 1. The Morgan fingerprint density at radius 1 is 1.30 bits per heavy atom. The molecule has 20 heavy (non-hydrogen) atoms. The first-order valence-corrected chi connectivity index (χ1v) is 8.38. The molecule has 1 heterocycles. The van der Waals surface area contributed by atoms with E-state index in [1.54, 1.807) is 12.1 Å². The molecule has 7 heteroatoms. The van der Waals surface area contributed by atoms with E-state index in [4.69, 9.17) is 0 Å². The Morgan fingerprint density at radius 2 is 2.05 bits per heavy atom. The van der Waals surface area contributed by atoms with Gasteiger partial charge in [0.25, 0.3) is 0 Å². The molecular weight excluding hydrogens is 347 g/mol. The largest absolute Gasteiger partial charge is 0.380 e. The van der Waals surface area contributed by atoms with Gasteiger partial charge in [0.15, 0.2) is 14.9 Å². The van der Waals surface area contributed by atoms with Gasteiger partial charge in [-0.15, -0.1) is 0 Å². The molecule has 0 spiro atoms. The minimum Gasteiger partial charge on any atom is -0.380 e. The third-order valence-corrected chi connectivity index (χ3v) is 4.38. The van der Waals surface area contributed by atoms with Crippen molar-refractivity contribution in [3.8, 4) is 0 Å². The number of halogens is 2. The van der Waals surface area contributed by atoms with Crippen molar-refractivity contribution in [2.75, 3.05) is 11.6 Å². The molecule has 4 nitrogen and oxygen atoms in total. The first-order chi connectivity index (χ1) is 9.36. The van der Waals surface area contributed by atoms with E-state index < -0.39 is 9.84 Å². The van der Waals surface area contributed by atoms with Gasteiger partial charge in [-0.25, -0.2) is 17.8 Å². The Balaban J connectivity index is 2.10. The second-order valence-corrected chi connectivity index (χ2v) is 7.06. The van der Waals surface area contributed by atoms with Crippen molar-refractivity contribution in [2.24, 2.45) is 0 Å². The summed E-state index contributed by atoms with van der Waals surface area (Å²) in [7, 11) is -3.30. The van der Waals surface area contributed by atoms with Gasteiger partial charge in [-0.1, -0.05) is 15.9 Å². The summed E-state index contributed by atoms with van der Waals surface area (Å²) in [5, 5.41) is 3.08. The molecule has 1 N–H and O–H groups in total. The summed E-state index contributed by atoms with van der Waals surface area (Å²) in [6.07, 6.45) is 2.54. The molecule has 2 rings (SSSR count). The molecule has 1 aromatic heterocycles. The quantitative estimate of drug-likeness (QED) is 0.912. The monoisotopic (exact) mass is 358 g/mol. The van der Waals surface area contributed by atoms with E-state index in [9.17, 15) is 12.8 Å². The highest BCUT2D eigenvalue weighted by Crippen LogP contribution is 2.19. The van der Waals surface area contributed by atoms with E-state index in [0.29, 0.717) is 12.2 Å². The lowest BCUT2D eigenvalue weighted by molar-refractivity contribution is 0.598. The van der Waals surface area contributed by atoms with Crippen molar-refractivity contribution in [3.63, 3.8) is 0 Å². The molecular formula is C13H12BrFN2O2S. The number of pyridine rings is 1. The van der Waals surface area contributed by atoms with Crippen molar-refractivity contribution in [3.05, 3.63) is 52.4 Å². The Labute approximate surface area is 125 Å². The molecule has 1 aromatic carbocycles. The van der Waals surface area contributed by atoms with E-state index in [-0.39, 0.29) is 10.8 Å². The molecule has 106 valence electrons. The highest BCUT2D eigenvalue weighted by atomic mass is 79.9. The van der Waals surface area contributed by atoms with Gasteiger partial charge in [0.1, 0.15) is 5.82 Å². The van der Waals surface area contributed by atoms with Crippen molar-refractivity contribution in [1.29, 1.82) is 0 Å². The zero-order valence-corrected chi connectivity index (χ0v) is 13.0. The first kappa shape index (κ1) is 14.9. The number of nitrogens with zero attached hydrogens (tertiary/aromatic N) is 1. The number of hydrogen-bond donors (Lipinski definition) is 1. The third-order valence-electron chi connectivity index (χ3n) is 2.61. The fourth-order valence-corrected chi connectivity index (χ4v) is 2.53. The van der Waals surface area contributed by atoms with Crippen LogP contribution >= 0.6 is 15.9 Å². The Bertz CT molecular complexity index is 718. The molecule has 0 bridgehead atoms. The van der Waals surface area contributed by atoms with Crippen molar-refractivity contribution < 1.29 is 12.8 Å². The molecule has 2 aromatic rings. The molecule has 0 unspecified atom stereocenters. The fraction of sp³-hybridized carbons (Fsp3) is 0.154. The SMILES string of the molecule is CS(=O)(=O)c1ccc(NCc2cc(F)ccc2Br)cn1. The predicted molar refractivity (Wildman–Crippen MR) is 78.8 cm³/mol. The summed E-state index contributed by atoms with van der Waals surface area (Å²) in [6, 6.07) is 7.48. The van der Waals surface area contributed by atoms with Crippen LogP contribution in [0.15, 0.2) is 46.0 Å². The molecule has 0 radical (unpaired) electrons. The van der Waals surface area contributed by atoms with E-state index in [0.717, 1.165) is 16.3 Å². The summed E-state index contributed by atoms with van der Waals surface area (Å²) in [4.78, 5) is 3.87. The summed E-state index contributed by atoms with van der Waals surface area (Å²) < 4.78 is 36.5. The van der Waals surface area contributed by atoms with Crippen LogP contribution in [0.4, 0.5) is 10.1 Å². The van der Waals surface area contributed by atoms with E-state index in [1.165, 1.54) is 24.4 Å². The maximum atomic E-state index is 13.1. The van der Waals surface area contributed by atoms with Crippen LogP contribution in [0.25, 0.3) is 0 Å². The molecule has 0 amide bonds. The smallest absolute Gasteiger partial charge is 0.192 e. The first-order valence-electron chi connectivity index (χ1n) is 5.70. The van der Waals surface area contributed by atoms with Gasteiger partial charge >= 0.3 is 0 Å². The molecule has 0 saturated heterocycles. The zero-order chi connectivity index (χ0) is 14.8. The Kier molecular flexibility index (Phi) is 4.39. The topological polar surface area (TPSA) is 59.1 Å². The molecule has 0 aliphatic rings. The average Bonchev–Trinajstić information content (AvgIpc) is 2.39. The summed E-state index contributed by atoms with van der Waals surface area (Å²) >= 11 is 3.34. The summed E-state index contributed by atoms with van der Waals surface area (Å²) in [5.41, 5.74) is 1.42. The number of rotatable bonds is 4. The van der Waals surface area contributed by atoms with Crippen molar-refractivity contribution in [1.82, 2.24) is 4.98 Å². The lowest BCUT2D eigenvalue weighted by Crippen LogP contribution is -2.03. The van der Waals surface area contributed by atoms with Gasteiger partial charge in [0.05, 0.1) is 11.9 Å². The van der Waals surface area contributed by atoms with Gasteiger partial charge in [-0.3, -0.25) is 0 Å². The Morgan fingerprint density at radius 3 is 2.65 bits per heavy atom. The third kappa shape index (κ3) is 3.77. The maximum Gasteiger partial charge on any atom is 0.192 e. The lowest BCUT2D eigenvalue weighted by Gasteiger charge is -2.08. The van der Waals surface area contributed by atoms with Crippen molar-refractivity contribution >= 4 is 31.5 Å². The fourth-order valence-electron chi connectivity index (χ4n) is 1.58. The standard InChI is InChI=1S/C13H12BrFN2O2S/c1-20(18,19)13-5-3-11(8-17-13)16-7-9-6-10(15)2-4-12(9)14/h2-6,8,16H,7H2,1H3. The Hall–Kier alpha value is -1.47. The second kappa shape index (κ2) is 5.88. The van der Waals surface area contributed by atoms with Crippen LogP contribution in [-0.2, 0) is 16.4 Å². The molecule has 0 saturated carbocycles. The van der Waals surface area contributed by atoms with Gasteiger partial charge < -0.3 is 5.32 Å². The van der Waals surface area contributed by atoms with Crippen molar-refractivity contribution in [2.45, 2.75) is 11.6 Å². The highest BCUT2D eigenvalue weighted by molar-refractivity contribution is 9.10. The number of anilines is 1. The van der Waals surface area contributed by atoms with Crippen LogP contribution < -0.4 is 5.32 Å². The molecule has 0 aliphatic heterocycles. The van der Waals surface area contributed by atoms with Crippen LogP contribution in [0, 0.1) is 5.82 Å². The number of benzene rings is 1. The van der Waals surface area contributed by atoms with Gasteiger partial charge in [-0.2, -0.15) is 0 Å². The lowest BCUT2D eigenvalue weighted by atomic mass is 10.2. The number of hydrogen-bond acceptors (Lipinski definition) is 4. The van der Waals surface area contributed by atoms with E-state index >= 15 is 0 Å². The number of nitrogens with one attached hydrogen (secondary N) is 1. The second-order valence-electron chi connectivity index (χ2n) is 4.25. The van der Waals surface area contributed by atoms with Crippen LogP contribution in [0.1, 0.15) is 5.56 Å². The summed E-state index contributed by atoms with van der Waals surface area (Å²) in [5.74, 6) is -0.310. The van der Waals surface area contributed by atoms with Gasteiger partial charge in [-0.05, 0) is 35.9 Å². The van der Waals surface area contributed by atoms with E-state index in [1.807, 2.05) is 0 Å². The molecule has 0 aliphatic carbocycles. The van der Waals surface area contributed by atoms with Gasteiger partial charge in [0.2, 0.25) is 0 Å². The minimum absolute atomic E-state index is 0.0231. The minimum atomic E-state index is -3.30.